The maximum Gasteiger partial charge on any atom is 0.304 e. The predicted octanol–water partition coefficient (Wildman–Crippen LogP) is -0.341. The zero-order valence-electron chi connectivity index (χ0n) is 8.98. The molecule has 16 heavy (non-hydrogen) atoms. The highest BCUT2D eigenvalue weighted by Crippen LogP contribution is 2.13. The second-order valence-electron chi connectivity index (χ2n) is 4.14. The molecule has 0 aromatic rings. The molecule has 1 fully saturated rings. The van der Waals surface area contributed by atoms with Crippen LogP contribution in [-0.2, 0) is 9.59 Å². The number of amides is 1. The van der Waals surface area contributed by atoms with E-state index in [-0.39, 0.29) is 18.9 Å². The molecule has 6 nitrogen and oxygen atoms in total. The van der Waals surface area contributed by atoms with Gasteiger partial charge in [-0.15, -0.1) is 0 Å². The molecule has 2 aliphatic heterocycles. The SMILES string of the molecule is O=C(O)C[C@@H]1CN=C(N2CCCC2)NC1=O. The molecule has 0 aromatic carbocycles. The second kappa shape index (κ2) is 4.51. The van der Waals surface area contributed by atoms with Crippen molar-refractivity contribution in [2.75, 3.05) is 19.6 Å². The number of nitrogens with one attached hydrogen (secondary N) is 1. The Labute approximate surface area is 93.3 Å². The van der Waals surface area contributed by atoms with Crippen molar-refractivity contribution in [1.29, 1.82) is 0 Å². The van der Waals surface area contributed by atoms with Gasteiger partial charge in [-0.3, -0.25) is 19.9 Å². The summed E-state index contributed by atoms with van der Waals surface area (Å²) in [6, 6.07) is 0. The lowest BCUT2D eigenvalue weighted by Crippen LogP contribution is -2.49. The number of hydrogen-bond acceptors (Lipinski definition) is 4. The van der Waals surface area contributed by atoms with Crippen molar-refractivity contribution in [1.82, 2.24) is 10.2 Å². The average Bonchev–Trinajstić information content (AvgIpc) is 2.73. The van der Waals surface area contributed by atoms with Gasteiger partial charge in [0.05, 0.1) is 18.9 Å². The number of nitrogens with zero attached hydrogens (tertiary/aromatic N) is 2. The summed E-state index contributed by atoms with van der Waals surface area (Å²) in [5.74, 6) is -1.09. The van der Waals surface area contributed by atoms with Crippen molar-refractivity contribution >= 4 is 17.8 Å². The summed E-state index contributed by atoms with van der Waals surface area (Å²) in [5.41, 5.74) is 0. The lowest BCUT2D eigenvalue weighted by Gasteiger charge is -2.26. The van der Waals surface area contributed by atoms with Crippen LogP contribution in [0.15, 0.2) is 4.99 Å². The molecule has 2 rings (SSSR count). The van der Waals surface area contributed by atoms with Crippen LogP contribution in [0.4, 0.5) is 0 Å². The second-order valence-corrected chi connectivity index (χ2v) is 4.14. The minimum absolute atomic E-state index is 0.150. The van der Waals surface area contributed by atoms with Crippen LogP contribution in [0.3, 0.4) is 0 Å². The maximum absolute atomic E-state index is 11.6. The molecule has 2 N–H and O–H groups in total. The van der Waals surface area contributed by atoms with E-state index >= 15 is 0 Å². The number of carbonyl (C=O) groups excluding carboxylic acids is 1. The Morgan fingerprint density at radius 1 is 1.50 bits per heavy atom. The Balaban J connectivity index is 1.97. The fourth-order valence-electron chi connectivity index (χ4n) is 2.01. The van der Waals surface area contributed by atoms with Gasteiger partial charge in [0.1, 0.15) is 0 Å². The Bertz CT molecular complexity index is 334. The van der Waals surface area contributed by atoms with Gasteiger partial charge in [-0.1, -0.05) is 0 Å². The minimum atomic E-state index is -0.958. The van der Waals surface area contributed by atoms with Gasteiger partial charge < -0.3 is 10.0 Å². The zero-order valence-corrected chi connectivity index (χ0v) is 8.98. The number of aliphatic imine (C=N–C) groups is 1. The summed E-state index contributed by atoms with van der Waals surface area (Å²) in [4.78, 5) is 28.4. The Kier molecular flexibility index (Phi) is 3.07. The van der Waals surface area contributed by atoms with Gasteiger partial charge in [0.15, 0.2) is 0 Å². The number of likely N-dealkylation sites (tertiary alicyclic amines) is 1. The molecule has 2 aliphatic rings. The van der Waals surface area contributed by atoms with E-state index in [0.717, 1.165) is 25.9 Å². The first-order valence-electron chi connectivity index (χ1n) is 5.49. The summed E-state index contributed by atoms with van der Waals surface area (Å²) in [6.07, 6.45) is 2.09. The lowest BCUT2D eigenvalue weighted by atomic mass is 10.0. The van der Waals surface area contributed by atoms with Crippen LogP contribution in [0, 0.1) is 5.92 Å². The van der Waals surface area contributed by atoms with Gasteiger partial charge in [0.25, 0.3) is 0 Å². The van der Waals surface area contributed by atoms with E-state index in [0.29, 0.717) is 5.96 Å². The Morgan fingerprint density at radius 3 is 2.75 bits per heavy atom. The molecule has 0 spiro atoms. The van der Waals surface area contributed by atoms with E-state index in [4.69, 9.17) is 5.11 Å². The molecule has 1 amide bonds. The number of hydrogen-bond donors (Lipinski definition) is 2. The molecule has 0 aromatic heterocycles. The fourth-order valence-corrected chi connectivity index (χ4v) is 2.01. The molecule has 0 bridgehead atoms. The van der Waals surface area contributed by atoms with Gasteiger partial charge in [0.2, 0.25) is 11.9 Å². The lowest BCUT2D eigenvalue weighted by molar-refractivity contribution is -0.140. The molecular weight excluding hydrogens is 210 g/mol. The first-order valence-corrected chi connectivity index (χ1v) is 5.49. The first-order chi connectivity index (χ1) is 7.66. The highest BCUT2D eigenvalue weighted by atomic mass is 16.4. The van der Waals surface area contributed by atoms with Crippen molar-refractivity contribution in [2.45, 2.75) is 19.3 Å². The third-order valence-corrected chi connectivity index (χ3v) is 2.89. The summed E-state index contributed by atoms with van der Waals surface area (Å²) < 4.78 is 0. The number of carboxylic acids is 1. The Hall–Kier alpha value is -1.59. The number of carbonyl (C=O) groups is 2. The van der Waals surface area contributed by atoms with Crippen LogP contribution in [0.5, 0.6) is 0 Å². The molecule has 0 radical (unpaired) electrons. The van der Waals surface area contributed by atoms with E-state index in [1.54, 1.807) is 0 Å². The summed E-state index contributed by atoms with van der Waals surface area (Å²) >= 11 is 0. The van der Waals surface area contributed by atoms with E-state index in [9.17, 15) is 9.59 Å². The van der Waals surface area contributed by atoms with Crippen molar-refractivity contribution in [3.63, 3.8) is 0 Å². The van der Waals surface area contributed by atoms with Crippen LogP contribution in [0.25, 0.3) is 0 Å². The van der Waals surface area contributed by atoms with Crippen molar-refractivity contribution < 1.29 is 14.7 Å². The monoisotopic (exact) mass is 225 g/mol. The smallest absolute Gasteiger partial charge is 0.304 e. The topological polar surface area (TPSA) is 82.0 Å². The fraction of sp³-hybridized carbons (Fsp3) is 0.700. The van der Waals surface area contributed by atoms with Gasteiger partial charge in [-0.05, 0) is 12.8 Å². The largest absolute Gasteiger partial charge is 0.481 e. The van der Waals surface area contributed by atoms with E-state index in [1.807, 2.05) is 4.90 Å². The van der Waals surface area contributed by atoms with Gasteiger partial charge in [-0.2, -0.15) is 0 Å². The molecule has 0 saturated carbocycles. The molecule has 0 aliphatic carbocycles. The normalized spacial score (nSPS) is 25.2. The van der Waals surface area contributed by atoms with E-state index < -0.39 is 11.9 Å². The van der Waals surface area contributed by atoms with Gasteiger partial charge >= 0.3 is 5.97 Å². The molecule has 0 unspecified atom stereocenters. The predicted molar refractivity (Wildman–Crippen MR) is 57.0 cm³/mol. The van der Waals surface area contributed by atoms with E-state index in [2.05, 4.69) is 10.3 Å². The van der Waals surface area contributed by atoms with E-state index in [1.165, 1.54) is 0 Å². The molecule has 1 saturated heterocycles. The highest BCUT2D eigenvalue weighted by molar-refractivity contribution is 6.00. The summed E-state index contributed by atoms with van der Waals surface area (Å²) in [6.45, 7) is 2.12. The summed E-state index contributed by atoms with van der Waals surface area (Å²) in [7, 11) is 0. The number of rotatable bonds is 2. The summed E-state index contributed by atoms with van der Waals surface area (Å²) in [5, 5.41) is 11.3. The van der Waals surface area contributed by atoms with Gasteiger partial charge in [-0.25, -0.2) is 0 Å². The molecule has 1 atom stereocenters. The van der Waals surface area contributed by atoms with Crippen LogP contribution in [-0.4, -0.2) is 47.5 Å². The Morgan fingerprint density at radius 2 is 2.19 bits per heavy atom. The van der Waals surface area contributed by atoms with Crippen LogP contribution < -0.4 is 5.32 Å². The molecular formula is C10H15N3O3. The van der Waals surface area contributed by atoms with Crippen LogP contribution in [0.2, 0.25) is 0 Å². The maximum atomic E-state index is 11.6. The highest BCUT2D eigenvalue weighted by Gasteiger charge is 2.29. The molecule has 88 valence electrons. The standard InChI is InChI=1S/C10H15N3O3/c14-8(15)5-7-6-11-10(12-9(7)16)13-3-1-2-4-13/h7H,1-6H2,(H,14,15)(H,11,12,16)/t7-/m1/s1. The number of carboxylic acid groups (broad SMARTS) is 1. The third-order valence-electron chi connectivity index (χ3n) is 2.89. The molecule has 6 heteroatoms. The third kappa shape index (κ3) is 2.32. The number of aliphatic carboxylic acids is 1. The van der Waals surface area contributed by atoms with Crippen LogP contribution >= 0.6 is 0 Å². The van der Waals surface area contributed by atoms with Crippen molar-refractivity contribution in [2.24, 2.45) is 10.9 Å². The quantitative estimate of drug-likeness (QED) is 0.673. The van der Waals surface area contributed by atoms with Crippen LogP contribution in [0.1, 0.15) is 19.3 Å². The minimum Gasteiger partial charge on any atom is -0.481 e. The van der Waals surface area contributed by atoms with Crippen molar-refractivity contribution in [3.8, 4) is 0 Å². The number of guanidine groups is 1. The zero-order chi connectivity index (χ0) is 11.5. The van der Waals surface area contributed by atoms with Gasteiger partial charge in [0, 0.05) is 13.1 Å². The van der Waals surface area contributed by atoms with Crippen molar-refractivity contribution in [3.05, 3.63) is 0 Å². The molecule has 2 heterocycles. The first kappa shape index (κ1) is 10.9. The average molecular weight is 225 g/mol.